The fourth-order valence-corrected chi connectivity index (χ4v) is 2.16. The van der Waals surface area contributed by atoms with Crippen molar-refractivity contribution < 1.29 is 4.79 Å². The molecule has 0 aliphatic heterocycles. The molecule has 1 heterocycles. The summed E-state index contributed by atoms with van der Waals surface area (Å²) in [6, 6.07) is 1.69. The normalized spacial score (nSPS) is 16.4. The zero-order valence-electron chi connectivity index (χ0n) is 9.08. The molecule has 0 amide bonds. The molecule has 0 N–H and O–H groups in total. The van der Waals surface area contributed by atoms with Gasteiger partial charge in [-0.05, 0) is 37.3 Å². The van der Waals surface area contributed by atoms with Gasteiger partial charge in [-0.25, -0.2) is 0 Å². The zero-order valence-corrected chi connectivity index (χ0v) is 9.83. The summed E-state index contributed by atoms with van der Waals surface area (Å²) in [4.78, 5) is 16.1. The van der Waals surface area contributed by atoms with Crippen LogP contribution >= 0.6 is 11.6 Å². The Balaban J connectivity index is 2.24. The quantitative estimate of drug-likeness (QED) is 0.730. The monoisotopic (exact) mass is 235 g/mol. The number of pyridine rings is 1. The van der Waals surface area contributed by atoms with E-state index in [1.165, 1.54) is 19.0 Å². The third-order valence-electron chi connectivity index (χ3n) is 2.85. The van der Waals surface area contributed by atoms with Crippen molar-refractivity contribution in [3.05, 3.63) is 40.7 Å². The average Bonchev–Trinajstić information content (AvgIpc) is 2.57. The Morgan fingerprint density at radius 2 is 2.19 bits per heavy atom. The van der Waals surface area contributed by atoms with E-state index in [-0.39, 0.29) is 5.78 Å². The highest BCUT2D eigenvalue weighted by Gasteiger charge is 2.16. The number of ketones is 1. The van der Waals surface area contributed by atoms with Crippen molar-refractivity contribution in [2.24, 2.45) is 0 Å². The first-order valence-electron chi connectivity index (χ1n) is 5.62. The summed E-state index contributed by atoms with van der Waals surface area (Å²) in [5.41, 5.74) is 1.48. The summed E-state index contributed by atoms with van der Waals surface area (Å²) in [5, 5.41) is 0.442. The predicted molar refractivity (Wildman–Crippen MR) is 64.7 cm³/mol. The van der Waals surface area contributed by atoms with Gasteiger partial charge in [0.2, 0.25) is 0 Å². The molecule has 0 unspecified atom stereocenters. The molecule has 3 heteroatoms. The molecule has 1 aliphatic rings. The van der Waals surface area contributed by atoms with Crippen LogP contribution in [-0.2, 0) is 0 Å². The second-order valence-electron chi connectivity index (χ2n) is 4.01. The standard InChI is InChI=1S/C13H14ClNO/c14-12-9-15-8-7-11(12)13(16)10-5-3-1-2-4-6-10/h5,7-9H,1-4,6H2. The Hall–Kier alpha value is -1.15. The second kappa shape index (κ2) is 5.26. The Kier molecular flexibility index (Phi) is 3.73. The van der Waals surface area contributed by atoms with Gasteiger partial charge in [0.1, 0.15) is 0 Å². The van der Waals surface area contributed by atoms with Crippen LogP contribution in [0.25, 0.3) is 0 Å². The summed E-state index contributed by atoms with van der Waals surface area (Å²) in [6.45, 7) is 0. The highest BCUT2D eigenvalue weighted by molar-refractivity contribution is 6.34. The minimum atomic E-state index is 0.0642. The number of aromatic nitrogens is 1. The number of carbonyl (C=O) groups excluding carboxylic acids is 1. The number of carbonyl (C=O) groups is 1. The molecule has 1 aromatic heterocycles. The van der Waals surface area contributed by atoms with Crippen molar-refractivity contribution >= 4 is 17.4 Å². The van der Waals surface area contributed by atoms with Gasteiger partial charge in [-0.15, -0.1) is 0 Å². The summed E-state index contributed by atoms with van der Waals surface area (Å²) in [7, 11) is 0. The van der Waals surface area contributed by atoms with Crippen LogP contribution in [0.4, 0.5) is 0 Å². The van der Waals surface area contributed by atoms with Gasteiger partial charge in [0, 0.05) is 18.0 Å². The first-order valence-corrected chi connectivity index (χ1v) is 6.00. The third kappa shape index (κ3) is 2.50. The summed E-state index contributed by atoms with van der Waals surface area (Å²) in [5.74, 6) is 0.0642. The van der Waals surface area contributed by atoms with Crippen LogP contribution in [0.1, 0.15) is 42.5 Å². The van der Waals surface area contributed by atoms with Crippen LogP contribution in [0, 0.1) is 0 Å². The third-order valence-corrected chi connectivity index (χ3v) is 3.15. The van der Waals surface area contributed by atoms with Crippen molar-refractivity contribution in [2.75, 3.05) is 0 Å². The van der Waals surface area contributed by atoms with E-state index in [1.54, 1.807) is 12.3 Å². The van der Waals surface area contributed by atoms with Crippen molar-refractivity contribution in [2.45, 2.75) is 32.1 Å². The van der Waals surface area contributed by atoms with E-state index in [4.69, 9.17) is 11.6 Å². The molecule has 0 aromatic carbocycles. The molecule has 0 spiro atoms. The first kappa shape index (κ1) is 11.3. The molecule has 84 valence electrons. The van der Waals surface area contributed by atoms with Crippen molar-refractivity contribution in [3.8, 4) is 0 Å². The number of hydrogen-bond donors (Lipinski definition) is 0. The lowest BCUT2D eigenvalue weighted by Crippen LogP contribution is -2.04. The van der Waals surface area contributed by atoms with Crippen LogP contribution in [0.15, 0.2) is 30.1 Å². The maximum atomic E-state index is 12.2. The first-order chi connectivity index (χ1) is 7.79. The van der Waals surface area contributed by atoms with Gasteiger partial charge >= 0.3 is 0 Å². The molecule has 0 radical (unpaired) electrons. The number of hydrogen-bond acceptors (Lipinski definition) is 2. The van der Waals surface area contributed by atoms with Crippen LogP contribution < -0.4 is 0 Å². The molecule has 16 heavy (non-hydrogen) atoms. The Morgan fingerprint density at radius 1 is 1.31 bits per heavy atom. The van der Waals surface area contributed by atoms with Gasteiger partial charge in [-0.2, -0.15) is 0 Å². The van der Waals surface area contributed by atoms with Gasteiger partial charge in [0.05, 0.1) is 5.02 Å². The fourth-order valence-electron chi connectivity index (χ4n) is 1.95. The van der Waals surface area contributed by atoms with E-state index in [2.05, 4.69) is 11.1 Å². The lowest BCUT2D eigenvalue weighted by Gasteiger charge is -2.05. The van der Waals surface area contributed by atoms with Crippen molar-refractivity contribution in [1.29, 1.82) is 0 Å². The van der Waals surface area contributed by atoms with Crippen molar-refractivity contribution in [1.82, 2.24) is 4.98 Å². The van der Waals surface area contributed by atoms with E-state index >= 15 is 0 Å². The lowest BCUT2D eigenvalue weighted by atomic mass is 10.0. The molecule has 0 saturated heterocycles. The lowest BCUT2D eigenvalue weighted by molar-refractivity contribution is 0.103. The summed E-state index contributed by atoms with van der Waals surface area (Å²) >= 11 is 5.97. The molecule has 2 rings (SSSR count). The molecule has 0 saturated carbocycles. The molecule has 0 bridgehead atoms. The maximum absolute atomic E-state index is 12.2. The molecular weight excluding hydrogens is 222 g/mol. The average molecular weight is 236 g/mol. The fraction of sp³-hybridized carbons (Fsp3) is 0.385. The van der Waals surface area contributed by atoms with E-state index < -0.39 is 0 Å². The minimum absolute atomic E-state index is 0.0642. The Morgan fingerprint density at radius 3 is 3.00 bits per heavy atom. The second-order valence-corrected chi connectivity index (χ2v) is 4.42. The van der Waals surface area contributed by atoms with Crippen molar-refractivity contribution in [3.63, 3.8) is 0 Å². The van der Waals surface area contributed by atoms with E-state index in [0.29, 0.717) is 10.6 Å². The molecule has 0 fully saturated rings. The predicted octanol–water partition coefficient (Wildman–Crippen LogP) is 3.81. The summed E-state index contributed by atoms with van der Waals surface area (Å²) < 4.78 is 0. The van der Waals surface area contributed by atoms with Gasteiger partial charge in [0.25, 0.3) is 0 Å². The number of Topliss-reactive ketones (excluding diaryl/α,β-unsaturated/α-hetero) is 1. The van der Waals surface area contributed by atoms with Gasteiger partial charge in [-0.3, -0.25) is 9.78 Å². The van der Waals surface area contributed by atoms with Crippen LogP contribution in [0.3, 0.4) is 0 Å². The molecule has 0 atom stereocenters. The van der Waals surface area contributed by atoms with Crippen LogP contribution in [0.5, 0.6) is 0 Å². The minimum Gasteiger partial charge on any atom is -0.289 e. The summed E-state index contributed by atoms with van der Waals surface area (Å²) in [6.07, 6.45) is 10.5. The van der Waals surface area contributed by atoms with Crippen LogP contribution in [0.2, 0.25) is 5.02 Å². The van der Waals surface area contributed by atoms with Gasteiger partial charge in [0.15, 0.2) is 5.78 Å². The Bertz CT molecular complexity index is 426. The zero-order chi connectivity index (χ0) is 11.4. The molecule has 1 aromatic rings. The van der Waals surface area contributed by atoms with Gasteiger partial charge < -0.3 is 0 Å². The van der Waals surface area contributed by atoms with E-state index in [9.17, 15) is 4.79 Å². The van der Waals surface area contributed by atoms with Gasteiger partial charge in [-0.1, -0.05) is 24.1 Å². The van der Waals surface area contributed by atoms with E-state index in [1.807, 2.05) is 0 Å². The topological polar surface area (TPSA) is 30.0 Å². The number of nitrogens with zero attached hydrogens (tertiary/aromatic N) is 1. The molecular formula is C13H14ClNO. The largest absolute Gasteiger partial charge is 0.289 e. The number of allylic oxidation sites excluding steroid dienone is 2. The number of rotatable bonds is 2. The highest BCUT2D eigenvalue weighted by Crippen LogP contribution is 2.23. The van der Waals surface area contributed by atoms with E-state index in [0.717, 1.165) is 24.8 Å². The number of halogens is 1. The van der Waals surface area contributed by atoms with Crippen LogP contribution in [-0.4, -0.2) is 10.8 Å². The highest BCUT2D eigenvalue weighted by atomic mass is 35.5. The maximum Gasteiger partial charge on any atom is 0.190 e. The smallest absolute Gasteiger partial charge is 0.190 e. The Labute approximate surface area is 100 Å². The SMILES string of the molecule is O=C(C1=CCCCCC1)c1ccncc1Cl. The molecule has 1 aliphatic carbocycles. The molecule has 2 nitrogen and oxygen atoms in total.